The summed E-state index contributed by atoms with van der Waals surface area (Å²) in [7, 11) is 0. The lowest BCUT2D eigenvalue weighted by Crippen LogP contribution is -2.47. The lowest BCUT2D eigenvalue weighted by Gasteiger charge is -2.25. The molecule has 2 rings (SSSR count). The van der Waals surface area contributed by atoms with E-state index in [2.05, 4.69) is 0 Å². The van der Waals surface area contributed by atoms with E-state index < -0.39 is 17.8 Å². The molecule has 1 fully saturated rings. The number of anilines is 1. The maximum Gasteiger partial charge on any atom is 0.348 e. The number of carbonyl (C=O) groups is 3. The SMILES string of the molecule is Cc1csc(C(=O)O)c1N1C(=O)COCC1=O. The van der Waals surface area contributed by atoms with Crippen LogP contribution in [0.3, 0.4) is 0 Å². The molecule has 0 atom stereocenters. The molecule has 1 N–H and O–H groups in total. The minimum absolute atomic E-state index is 0.00824. The molecule has 1 aliphatic heterocycles. The van der Waals surface area contributed by atoms with Crippen LogP contribution < -0.4 is 4.90 Å². The van der Waals surface area contributed by atoms with Gasteiger partial charge in [-0.1, -0.05) is 0 Å². The molecule has 0 aromatic carbocycles. The number of thiophene rings is 1. The molecule has 0 spiro atoms. The van der Waals surface area contributed by atoms with Crippen molar-refractivity contribution in [3.05, 3.63) is 15.8 Å². The van der Waals surface area contributed by atoms with Crippen LogP contribution in [0.1, 0.15) is 15.2 Å². The molecular weight excluding hydrogens is 246 g/mol. The molecule has 1 aromatic rings. The van der Waals surface area contributed by atoms with Gasteiger partial charge in [0.15, 0.2) is 0 Å². The Labute approximate surface area is 100 Å². The van der Waals surface area contributed by atoms with Gasteiger partial charge in [-0.05, 0) is 17.9 Å². The van der Waals surface area contributed by atoms with Gasteiger partial charge < -0.3 is 9.84 Å². The molecule has 1 aromatic heterocycles. The lowest BCUT2D eigenvalue weighted by molar-refractivity contribution is -0.138. The van der Waals surface area contributed by atoms with Crippen molar-refractivity contribution in [1.82, 2.24) is 0 Å². The first kappa shape index (κ1) is 11.7. The Morgan fingerprint density at radius 1 is 1.41 bits per heavy atom. The molecular formula is C10H9NO5S. The minimum atomic E-state index is -1.15. The summed E-state index contributed by atoms with van der Waals surface area (Å²) in [6.45, 7) is 1.24. The van der Waals surface area contributed by atoms with Crippen molar-refractivity contribution >= 4 is 34.8 Å². The summed E-state index contributed by atoms with van der Waals surface area (Å²) in [6, 6.07) is 0. The third kappa shape index (κ3) is 1.94. The Hall–Kier alpha value is -1.73. The molecule has 0 aliphatic carbocycles. The Bertz CT molecular complexity index is 491. The first-order chi connectivity index (χ1) is 8.02. The fraction of sp³-hybridized carbons (Fsp3) is 0.300. The fourth-order valence-electron chi connectivity index (χ4n) is 1.61. The standard InChI is InChI=1S/C10H9NO5S/c1-5-4-17-9(10(14)15)8(5)11-6(12)2-16-3-7(11)13/h4H,2-3H2,1H3,(H,14,15). The number of imide groups is 1. The molecule has 0 saturated carbocycles. The highest BCUT2D eigenvalue weighted by Gasteiger charge is 2.33. The van der Waals surface area contributed by atoms with Gasteiger partial charge in [-0.2, -0.15) is 0 Å². The van der Waals surface area contributed by atoms with E-state index in [1.807, 2.05) is 0 Å². The molecule has 2 amide bonds. The first-order valence-corrected chi connectivity index (χ1v) is 5.65. The second kappa shape index (κ2) is 4.27. The summed E-state index contributed by atoms with van der Waals surface area (Å²) in [5.74, 6) is -2.22. The Kier molecular flexibility index (Phi) is 2.95. The number of carbonyl (C=O) groups excluding carboxylic acids is 2. The van der Waals surface area contributed by atoms with Crippen molar-refractivity contribution in [2.45, 2.75) is 6.92 Å². The normalized spacial score (nSPS) is 16.4. The van der Waals surface area contributed by atoms with Crippen molar-refractivity contribution in [1.29, 1.82) is 0 Å². The maximum absolute atomic E-state index is 11.6. The third-order valence-electron chi connectivity index (χ3n) is 2.31. The number of hydrogen-bond donors (Lipinski definition) is 1. The van der Waals surface area contributed by atoms with Gasteiger partial charge in [-0.25, -0.2) is 9.69 Å². The zero-order valence-electron chi connectivity index (χ0n) is 8.93. The number of aromatic carboxylic acids is 1. The van der Waals surface area contributed by atoms with Crippen LogP contribution in [0.5, 0.6) is 0 Å². The number of carboxylic acid groups (broad SMARTS) is 1. The zero-order valence-corrected chi connectivity index (χ0v) is 9.74. The number of hydrogen-bond acceptors (Lipinski definition) is 5. The first-order valence-electron chi connectivity index (χ1n) is 4.77. The van der Waals surface area contributed by atoms with Gasteiger partial charge in [-0.15, -0.1) is 11.3 Å². The summed E-state index contributed by atoms with van der Waals surface area (Å²) < 4.78 is 4.78. The summed E-state index contributed by atoms with van der Waals surface area (Å²) in [6.07, 6.45) is 0. The van der Waals surface area contributed by atoms with Crippen molar-refractivity contribution in [3.63, 3.8) is 0 Å². The van der Waals surface area contributed by atoms with Gasteiger partial charge in [0, 0.05) is 0 Å². The number of nitrogens with zero attached hydrogens (tertiary/aromatic N) is 1. The maximum atomic E-state index is 11.6. The predicted molar refractivity (Wildman–Crippen MR) is 59.3 cm³/mol. The van der Waals surface area contributed by atoms with Gasteiger partial charge in [-0.3, -0.25) is 9.59 Å². The van der Waals surface area contributed by atoms with Crippen molar-refractivity contribution in [2.24, 2.45) is 0 Å². The highest BCUT2D eigenvalue weighted by atomic mass is 32.1. The van der Waals surface area contributed by atoms with E-state index in [1.54, 1.807) is 12.3 Å². The smallest absolute Gasteiger partial charge is 0.348 e. The zero-order chi connectivity index (χ0) is 12.6. The highest BCUT2D eigenvalue weighted by molar-refractivity contribution is 7.12. The van der Waals surface area contributed by atoms with Crippen molar-refractivity contribution in [2.75, 3.05) is 18.1 Å². The average molecular weight is 255 g/mol. The number of morpholine rings is 1. The average Bonchev–Trinajstić information content (AvgIpc) is 2.61. The van der Waals surface area contributed by atoms with Gasteiger partial charge in [0.1, 0.15) is 18.1 Å². The number of ether oxygens (including phenoxy) is 1. The number of amides is 2. The van der Waals surface area contributed by atoms with E-state index in [0.29, 0.717) is 5.56 Å². The second-order valence-electron chi connectivity index (χ2n) is 3.52. The van der Waals surface area contributed by atoms with Crippen LogP contribution in [-0.4, -0.2) is 36.1 Å². The van der Waals surface area contributed by atoms with Crippen molar-refractivity contribution < 1.29 is 24.2 Å². The van der Waals surface area contributed by atoms with Crippen LogP contribution in [-0.2, 0) is 14.3 Å². The summed E-state index contributed by atoms with van der Waals surface area (Å²) >= 11 is 0.996. The van der Waals surface area contributed by atoms with Crippen LogP contribution >= 0.6 is 11.3 Å². The quantitative estimate of drug-likeness (QED) is 0.784. The summed E-state index contributed by atoms with van der Waals surface area (Å²) in [4.78, 5) is 35.2. The molecule has 17 heavy (non-hydrogen) atoms. The largest absolute Gasteiger partial charge is 0.477 e. The van der Waals surface area contributed by atoms with Crippen molar-refractivity contribution in [3.8, 4) is 0 Å². The van der Waals surface area contributed by atoms with E-state index in [4.69, 9.17) is 9.84 Å². The molecule has 7 heteroatoms. The van der Waals surface area contributed by atoms with Crippen LogP contribution in [0.25, 0.3) is 0 Å². The molecule has 0 unspecified atom stereocenters. The Morgan fingerprint density at radius 2 is 2.00 bits per heavy atom. The topological polar surface area (TPSA) is 83.9 Å². The second-order valence-corrected chi connectivity index (χ2v) is 4.40. The summed E-state index contributed by atoms with van der Waals surface area (Å²) in [5.41, 5.74) is 0.761. The number of rotatable bonds is 2. The molecule has 2 heterocycles. The van der Waals surface area contributed by atoms with E-state index >= 15 is 0 Å². The predicted octanol–water partition coefficient (Wildman–Crippen LogP) is 0.645. The van der Waals surface area contributed by atoms with Crippen LogP contribution in [0.15, 0.2) is 5.38 Å². The van der Waals surface area contributed by atoms with E-state index in [0.717, 1.165) is 16.2 Å². The van der Waals surface area contributed by atoms with Crippen LogP contribution in [0, 0.1) is 6.92 Å². The molecule has 6 nitrogen and oxygen atoms in total. The Morgan fingerprint density at radius 3 is 2.53 bits per heavy atom. The highest BCUT2D eigenvalue weighted by Crippen LogP contribution is 2.32. The van der Waals surface area contributed by atoms with Gasteiger partial charge in [0.25, 0.3) is 11.8 Å². The van der Waals surface area contributed by atoms with Gasteiger partial charge in [0.2, 0.25) is 0 Å². The summed E-state index contributed by atoms with van der Waals surface area (Å²) in [5, 5.41) is 10.6. The van der Waals surface area contributed by atoms with E-state index in [-0.39, 0.29) is 23.8 Å². The van der Waals surface area contributed by atoms with E-state index in [9.17, 15) is 14.4 Å². The van der Waals surface area contributed by atoms with Crippen LogP contribution in [0.2, 0.25) is 0 Å². The third-order valence-corrected chi connectivity index (χ3v) is 3.38. The molecule has 0 radical (unpaired) electrons. The number of aryl methyl sites for hydroxylation is 1. The molecule has 1 aliphatic rings. The number of carboxylic acids is 1. The van der Waals surface area contributed by atoms with Gasteiger partial charge >= 0.3 is 5.97 Å². The van der Waals surface area contributed by atoms with Crippen LogP contribution in [0.4, 0.5) is 5.69 Å². The molecule has 0 bridgehead atoms. The monoisotopic (exact) mass is 255 g/mol. The lowest BCUT2D eigenvalue weighted by atomic mass is 10.2. The molecule has 1 saturated heterocycles. The Balaban J connectivity index is 2.51. The molecule has 90 valence electrons. The fourth-order valence-corrected chi connectivity index (χ4v) is 2.48. The van der Waals surface area contributed by atoms with Gasteiger partial charge in [0.05, 0.1) is 5.69 Å². The van der Waals surface area contributed by atoms with E-state index in [1.165, 1.54) is 0 Å². The minimum Gasteiger partial charge on any atom is -0.477 e.